The van der Waals surface area contributed by atoms with Gasteiger partial charge in [-0.2, -0.15) is 0 Å². The first kappa shape index (κ1) is 17.4. The van der Waals surface area contributed by atoms with Crippen LogP contribution >= 0.6 is 0 Å². The van der Waals surface area contributed by atoms with Gasteiger partial charge in [-0.25, -0.2) is 4.79 Å². The highest BCUT2D eigenvalue weighted by molar-refractivity contribution is 5.31. The van der Waals surface area contributed by atoms with E-state index in [0.29, 0.717) is 25.1 Å². The number of β-amino-alcohol motifs (C(OH)–C–C–N with tert-alkyl or cyclic N) is 1. The summed E-state index contributed by atoms with van der Waals surface area (Å²) in [7, 11) is 4.73. The molecule has 0 amide bonds. The Balaban J connectivity index is 1.93. The van der Waals surface area contributed by atoms with Gasteiger partial charge in [-0.05, 0) is 24.1 Å². The van der Waals surface area contributed by atoms with Crippen LogP contribution in [-0.2, 0) is 20.6 Å². The predicted octanol–water partition coefficient (Wildman–Crippen LogP) is 0.401. The van der Waals surface area contributed by atoms with Crippen molar-refractivity contribution >= 4 is 0 Å². The predicted molar refractivity (Wildman–Crippen MR) is 93.7 cm³/mol. The summed E-state index contributed by atoms with van der Waals surface area (Å²) >= 11 is 0. The van der Waals surface area contributed by atoms with Crippen molar-refractivity contribution in [3.63, 3.8) is 0 Å². The fourth-order valence-electron chi connectivity index (χ4n) is 3.46. The molecule has 3 rings (SSSR count). The summed E-state index contributed by atoms with van der Waals surface area (Å²) in [6.07, 6.45) is 1.73. The fourth-order valence-corrected chi connectivity index (χ4v) is 3.46. The third-order valence-electron chi connectivity index (χ3n) is 4.75. The summed E-state index contributed by atoms with van der Waals surface area (Å²) in [5, 5.41) is 10.1. The molecular formula is C18H23N3O4. The molecule has 25 heavy (non-hydrogen) atoms. The van der Waals surface area contributed by atoms with Crippen LogP contribution in [0.2, 0.25) is 0 Å². The average Bonchev–Trinajstić information content (AvgIpc) is 2.98. The van der Waals surface area contributed by atoms with Gasteiger partial charge in [0.15, 0.2) is 0 Å². The van der Waals surface area contributed by atoms with Crippen LogP contribution in [0.5, 0.6) is 5.75 Å². The van der Waals surface area contributed by atoms with Gasteiger partial charge in [0.1, 0.15) is 5.75 Å². The maximum absolute atomic E-state index is 12.4. The van der Waals surface area contributed by atoms with E-state index in [9.17, 15) is 14.7 Å². The van der Waals surface area contributed by atoms with Gasteiger partial charge in [-0.15, -0.1) is 0 Å². The number of aliphatic hydroxyl groups excluding tert-OH is 1. The van der Waals surface area contributed by atoms with Crippen molar-refractivity contribution in [3.8, 4) is 5.75 Å². The van der Waals surface area contributed by atoms with Crippen molar-refractivity contribution < 1.29 is 9.84 Å². The van der Waals surface area contributed by atoms with E-state index < -0.39 is 6.10 Å². The molecule has 1 saturated heterocycles. The molecule has 0 bridgehead atoms. The van der Waals surface area contributed by atoms with Crippen molar-refractivity contribution in [2.75, 3.05) is 13.7 Å². The Morgan fingerprint density at radius 3 is 2.76 bits per heavy atom. The molecule has 1 aliphatic heterocycles. The molecule has 1 aromatic heterocycles. The highest BCUT2D eigenvalue weighted by Gasteiger charge is 2.32. The lowest BCUT2D eigenvalue weighted by atomic mass is 10.0. The molecule has 7 heteroatoms. The quantitative estimate of drug-likeness (QED) is 0.868. The number of methoxy groups -OCH3 is 1. The molecule has 0 radical (unpaired) electrons. The fraction of sp³-hybridized carbons (Fsp3) is 0.444. The van der Waals surface area contributed by atoms with E-state index in [-0.39, 0.29) is 17.3 Å². The van der Waals surface area contributed by atoms with Gasteiger partial charge in [0.05, 0.1) is 13.2 Å². The van der Waals surface area contributed by atoms with Crippen molar-refractivity contribution in [1.29, 1.82) is 0 Å². The van der Waals surface area contributed by atoms with E-state index in [1.54, 1.807) is 20.4 Å². The molecule has 2 atom stereocenters. The van der Waals surface area contributed by atoms with E-state index in [1.807, 2.05) is 24.3 Å². The third-order valence-corrected chi connectivity index (χ3v) is 4.75. The Kier molecular flexibility index (Phi) is 4.78. The van der Waals surface area contributed by atoms with Crippen molar-refractivity contribution in [1.82, 2.24) is 14.0 Å². The number of benzene rings is 1. The maximum atomic E-state index is 12.4. The highest BCUT2D eigenvalue weighted by Crippen LogP contribution is 2.34. The molecule has 0 aliphatic carbocycles. The second-order valence-electron chi connectivity index (χ2n) is 6.52. The van der Waals surface area contributed by atoms with Crippen LogP contribution in [0.3, 0.4) is 0 Å². The van der Waals surface area contributed by atoms with E-state index in [4.69, 9.17) is 4.74 Å². The number of hydrogen-bond donors (Lipinski definition) is 1. The first-order valence-electron chi connectivity index (χ1n) is 8.22. The highest BCUT2D eigenvalue weighted by atomic mass is 16.5. The average molecular weight is 345 g/mol. The molecule has 0 saturated carbocycles. The number of nitrogens with zero attached hydrogens (tertiary/aromatic N) is 3. The minimum absolute atomic E-state index is 0.00737. The second-order valence-corrected chi connectivity index (χ2v) is 6.52. The van der Waals surface area contributed by atoms with Gasteiger partial charge in [0.2, 0.25) is 0 Å². The molecule has 2 aromatic rings. The summed E-state index contributed by atoms with van der Waals surface area (Å²) in [5.74, 6) is 0.761. The molecular weight excluding hydrogens is 322 g/mol. The minimum Gasteiger partial charge on any atom is -0.497 e. The maximum Gasteiger partial charge on any atom is 0.330 e. The summed E-state index contributed by atoms with van der Waals surface area (Å²) < 4.78 is 7.81. The van der Waals surface area contributed by atoms with Gasteiger partial charge < -0.3 is 14.4 Å². The number of aliphatic hydroxyl groups is 1. The number of rotatable bonds is 4. The summed E-state index contributed by atoms with van der Waals surface area (Å²) in [4.78, 5) is 26.3. The lowest BCUT2D eigenvalue weighted by Gasteiger charge is -2.24. The van der Waals surface area contributed by atoms with Crippen LogP contribution in [0.15, 0.2) is 40.1 Å². The number of likely N-dealkylation sites (tertiary alicyclic amines) is 1. The van der Waals surface area contributed by atoms with Gasteiger partial charge in [-0.1, -0.05) is 12.1 Å². The molecule has 1 aliphatic rings. The minimum atomic E-state index is -0.451. The van der Waals surface area contributed by atoms with Crippen molar-refractivity contribution in [2.45, 2.75) is 25.1 Å². The summed E-state index contributed by atoms with van der Waals surface area (Å²) in [6, 6.07) is 7.74. The van der Waals surface area contributed by atoms with Crippen LogP contribution in [0, 0.1) is 0 Å². The lowest BCUT2D eigenvalue weighted by Crippen LogP contribution is -2.40. The summed E-state index contributed by atoms with van der Waals surface area (Å²) in [5.41, 5.74) is 0.928. The van der Waals surface area contributed by atoms with Crippen molar-refractivity contribution in [2.24, 2.45) is 14.1 Å². The molecule has 1 aromatic carbocycles. The van der Waals surface area contributed by atoms with Gasteiger partial charge in [-0.3, -0.25) is 14.3 Å². The van der Waals surface area contributed by atoms with E-state index in [2.05, 4.69) is 4.90 Å². The van der Waals surface area contributed by atoms with Crippen LogP contribution in [-0.4, -0.2) is 38.9 Å². The molecule has 0 spiro atoms. The summed E-state index contributed by atoms with van der Waals surface area (Å²) in [6.45, 7) is 0.855. The molecule has 2 unspecified atom stereocenters. The first-order chi connectivity index (χ1) is 11.9. The Bertz CT molecular complexity index is 887. The zero-order valence-electron chi connectivity index (χ0n) is 14.7. The number of aryl methyl sites for hydroxylation is 1. The zero-order chi connectivity index (χ0) is 18.1. The smallest absolute Gasteiger partial charge is 0.330 e. The molecule has 7 nitrogen and oxygen atoms in total. The molecule has 134 valence electrons. The van der Waals surface area contributed by atoms with Crippen LogP contribution in [0.1, 0.15) is 23.6 Å². The van der Waals surface area contributed by atoms with Gasteiger partial charge in [0.25, 0.3) is 5.56 Å². The molecule has 1 N–H and O–H groups in total. The Morgan fingerprint density at radius 2 is 2.04 bits per heavy atom. The number of aromatic nitrogens is 2. The Labute approximate surface area is 145 Å². The van der Waals surface area contributed by atoms with Crippen LogP contribution < -0.4 is 16.0 Å². The van der Waals surface area contributed by atoms with E-state index in [1.165, 1.54) is 11.6 Å². The standard InChI is InChI=1S/C18H23N3O4/c1-19-9-13(17(23)20(2)18(19)24)10-21-11-14(22)8-16(21)12-5-4-6-15(7-12)25-3/h4-7,9,14,16,22H,8,10-11H2,1-3H3. The van der Waals surface area contributed by atoms with Crippen molar-refractivity contribution in [3.05, 3.63) is 62.4 Å². The second kappa shape index (κ2) is 6.85. The molecule has 1 fully saturated rings. The normalized spacial score (nSPS) is 20.8. The number of hydrogen-bond acceptors (Lipinski definition) is 5. The topological polar surface area (TPSA) is 76.7 Å². The zero-order valence-corrected chi connectivity index (χ0v) is 14.7. The van der Waals surface area contributed by atoms with Crippen LogP contribution in [0.25, 0.3) is 0 Å². The largest absolute Gasteiger partial charge is 0.497 e. The van der Waals surface area contributed by atoms with E-state index in [0.717, 1.165) is 15.9 Å². The SMILES string of the molecule is COc1cccc(C2CC(O)CN2Cc2cn(C)c(=O)n(C)c2=O)c1. The number of ether oxygens (including phenoxy) is 1. The monoisotopic (exact) mass is 345 g/mol. The molecule has 2 heterocycles. The Morgan fingerprint density at radius 1 is 1.28 bits per heavy atom. The lowest BCUT2D eigenvalue weighted by molar-refractivity contribution is 0.172. The first-order valence-corrected chi connectivity index (χ1v) is 8.22. The van der Waals surface area contributed by atoms with Gasteiger partial charge in [0, 0.05) is 45.0 Å². The third kappa shape index (κ3) is 3.38. The van der Waals surface area contributed by atoms with Gasteiger partial charge >= 0.3 is 5.69 Å². The van der Waals surface area contributed by atoms with Crippen LogP contribution in [0.4, 0.5) is 0 Å². The van der Waals surface area contributed by atoms with E-state index >= 15 is 0 Å². The Hall–Kier alpha value is -2.38.